The fourth-order valence-corrected chi connectivity index (χ4v) is 9.04. The number of nitrogens with zero attached hydrogens (tertiary/aromatic N) is 2. The zero-order valence-electron chi connectivity index (χ0n) is 29.9. The number of ether oxygens (including phenoxy) is 1. The summed E-state index contributed by atoms with van der Waals surface area (Å²) in [6.07, 6.45) is 3.92. The highest BCUT2D eigenvalue weighted by Gasteiger charge is 2.49. The summed E-state index contributed by atoms with van der Waals surface area (Å²) < 4.78 is 72.9. The van der Waals surface area contributed by atoms with Gasteiger partial charge in [-0.15, -0.1) is 0 Å². The van der Waals surface area contributed by atoms with Crippen LogP contribution in [0.2, 0.25) is 0 Å². The fourth-order valence-electron chi connectivity index (χ4n) is 8.56. The van der Waals surface area contributed by atoms with Crippen molar-refractivity contribution in [2.75, 3.05) is 13.7 Å². The number of imidazole rings is 1. The second kappa shape index (κ2) is 13.3. The lowest BCUT2D eigenvalue weighted by Gasteiger charge is -2.32. The number of rotatable bonds is 8. The van der Waals surface area contributed by atoms with E-state index >= 15 is 0 Å². The number of carbonyl (C=O) groups is 2. The number of hydrogen-bond acceptors (Lipinski definition) is 7. The van der Waals surface area contributed by atoms with Crippen LogP contribution in [0.1, 0.15) is 68.4 Å². The number of aromatic nitrogens is 2. The van der Waals surface area contributed by atoms with E-state index in [1.54, 1.807) is 35.2 Å². The van der Waals surface area contributed by atoms with E-state index in [1.165, 1.54) is 24.3 Å². The van der Waals surface area contributed by atoms with Crippen LogP contribution >= 0.6 is 0 Å². The molecule has 282 valence electrons. The Morgan fingerprint density at radius 3 is 2.41 bits per heavy atom. The summed E-state index contributed by atoms with van der Waals surface area (Å²) in [5.74, 6) is 0.819. The van der Waals surface area contributed by atoms with Gasteiger partial charge in [0.25, 0.3) is 0 Å². The van der Waals surface area contributed by atoms with Gasteiger partial charge in [0.05, 0.1) is 24.2 Å². The maximum Gasteiger partial charge on any atom is 0.534 e. The molecule has 4 aromatic carbocycles. The van der Waals surface area contributed by atoms with Crippen LogP contribution in [0.3, 0.4) is 0 Å². The van der Waals surface area contributed by atoms with Gasteiger partial charge in [0.2, 0.25) is 5.91 Å². The van der Waals surface area contributed by atoms with Gasteiger partial charge >= 0.3 is 21.7 Å². The molecule has 2 aliphatic carbocycles. The van der Waals surface area contributed by atoms with Crippen molar-refractivity contribution in [3.8, 4) is 28.0 Å². The second-order valence-electron chi connectivity index (χ2n) is 14.7. The fraction of sp³-hybridized carbons (Fsp3) is 0.375. The van der Waals surface area contributed by atoms with Gasteiger partial charge in [-0.3, -0.25) is 4.79 Å². The SMILES string of the molecule is COC(=O)N[C@H](C(=O)N1CCC[C@H]1c1nc2ccc(-c3ccc(-c4ccc(OS(=O)(=O)C(F)(F)F)c5ccccc45)c4c3CC3CCC43)cc2[nH]1)C(C)C. The molecule has 4 atom stereocenters. The molecule has 2 amide bonds. The number of amides is 2. The maximum atomic E-state index is 13.7. The molecule has 10 nitrogen and oxygen atoms in total. The molecule has 3 aliphatic rings. The van der Waals surface area contributed by atoms with Gasteiger partial charge in [-0.2, -0.15) is 21.6 Å². The molecule has 0 spiro atoms. The molecule has 0 radical (unpaired) electrons. The Hall–Kier alpha value is -5.11. The molecule has 2 heterocycles. The zero-order valence-corrected chi connectivity index (χ0v) is 30.7. The maximum absolute atomic E-state index is 13.7. The van der Waals surface area contributed by atoms with Gasteiger partial charge in [-0.25, -0.2) is 9.78 Å². The molecule has 54 heavy (non-hydrogen) atoms. The Labute approximate surface area is 310 Å². The van der Waals surface area contributed by atoms with Crippen LogP contribution in [0.5, 0.6) is 5.75 Å². The van der Waals surface area contributed by atoms with Gasteiger partial charge in [-0.05, 0) is 113 Å². The van der Waals surface area contributed by atoms with E-state index in [-0.39, 0.29) is 29.0 Å². The summed E-state index contributed by atoms with van der Waals surface area (Å²) in [6, 6.07) is 18.9. The van der Waals surface area contributed by atoms with Crippen LogP contribution < -0.4 is 9.50 Å². The van der Waals surface area contributed by atoms with Crippen molar-refractivity contribution in [2.45, 2.75) is 69.5 Å². The molecular formula is C40H39F3N4O6S. The molecular weight excluding hydrogens is 722 g/mol. The summed E-state index contributed by atoms with van der Waals surface area (Å²) in [5.41, 5.74) is 2.37. The predicted molar refractivity (Wildman–Crippen MR) is 197 cm³/mol. The third-order valence-electron chi connectivity index (χ3n) is 11.3. The lowest BCUT2D eigenvalue weighted by Crippen LogP contribution is -2.51. The minimum absolute atomic E-state index is 0.145. The quantitative estimate of drug-likeness (QED) is 0.120. The topological polar surface area (TPSA) is 131 Å². The molecule has 1 saturated carbocycles. The largest absolute Gasteiger partial charge is 0.534 e. The van der Waals surface area contributed by atoms with Crippen LogP contribution in [-0.4, -0.2) is 60.5 Å². The summed E-state index contributed by atoms with van der Waals surface area (Å²) >= 11 is 0. The van der Waals surface area contributed by atoms with Crippen molar-refractivity contribution in [1.29, 1.82) is 0 Å². The number of hydrogen-bond donors (Lipinski definition) is 2. The molecule has 2 unspecified atom stereocenters. The summed E-state index contributed by atoms with van der Waals surface area (Å²) in [4.78, 5) is 35.9. The minimum atomic E-state index is -5.85. The van der Waals surface area contributed by atoms with E-state index in [2.05, 4.69) is 38.7 Å². The van der Waals surface area contributed by atoms with Crippen molar-refractivity contribution in [3.05, 3.63) is 83.7 Å². The molecule has 5 aromatic rings. The Balaban J connectivity index is 1.14. The van der Waals surface area contributed by atoms with Gasteiger partial charge in [0.1, 0.15) is 11.9 Å². The van der Waals surface area contributed by atoms with Gasteiger partial charge < -0.3 is 24.1 Å². The molecule has 14 heteroatoms. The Morgan fingerprint density at radius 2 is 1.70 bits per heavy atom. The number of carbonyl (C=O) groups excluding carboxylic acids is 2. The first kappa shape index (κ1) is 35.9. The standard InChI is InChI=1S/C40H39F3N4O6S/c1-21(2)36(46-39(49)52-3)38(48)47-18-6-9-33(47)37-44-31-16-11-23(20-32(31)45-37)24-13-14-29(35-25-12-10-22(25)19-30(24)35)27-15-17-34(28-8-5-4-7-26(27)28)53-54(50,51)40(41,42)43/h4-5,7-8,11,13-17,20-22,25,33,36H,6,9-10,12,18-19H2,1-3H3,(H,44,45)(H,46,49)/t22?,25?,33-,36-/m0/s1. The van der Waals surface area contributed by atoms with Gasteiger partial charge in [0.15, 0.2) is 5.75 Å². The molecule has 0 bridgehead atoms. The number of H-pyrrole nitrogens is 1. The first-order chi connectivity index (χ1) is 25.8. The number of alkyl halides is 3. The number of halogens is 3. The summed E-state index contributed by atoms with van der Waals surface area (Å²) in [5, 5.41) is 3.55. The monoisotopic (exact) mass is 760 g/mol. The number of alkyl carbamates (subject to hydrolysis) is 1. The average molecular weight is 761 g/mol. The minimum Gasteiger partial charge on any atom is -0.453 e. The number of nitrogens with one attached hydrogen (secondary N) is 2. The van der Waals surface area contributed by atoms with Crippen molar-refractivity contribution in [2.24, 2.45) is 11.8 Å². The summed E-state index contributed by atoms with van der Waals surface area (Å²) in [7, 11) is -4.58. The molecule has 1 saturated heterocycles. The van der Waals surface area contributed by atoms with E-state index in [4.69, 9.17) is 9.72 Å². The van der Waals surface area contributed by atoms with Crippen LogP contribution in [-0.2, 0) is 26.1 Å². The van der Waals surface area contributed by atoms with Crippen molar-refractivity contribution >= 4 is 43.9 Å². The third kappa shape index (κ3) is 6.04. The number of benzene rings is 4. The summed E-state index contributed by atoms with van der Waals surface area (Å²) in [6.45, 7) is 4.31. The smallest absolute Gasteiger partial charge is 0.453 e. The molecule has 1 aromatic heterocycles. The molecule has 2 fully saturated rings. The average Bonchev–Trinajstić information content (AvgIpc) is 3.85. The molecule has 2 N–H and O–H groups in total. The lowest BCUT2D eigenvalue weighted by atomic mass is 9.73. The Bertz CT molecular complexity index is 2430. The van der Waals surface area contributed by atoms with Crippen molar-refractivity contribution in [3.63, 3.8) is 0 Å². The normalized spacial score (nSPS) is 20.1. The lowest BCUT2D eigenvalue weighted by molar-refractivity contribution is -0.135. The van der Waals surface area contributed by atoms with E-state index in [1.807, 2.05) is 19.9 Å². The third-order valence-corrected chi connectivity index (χ3v) is 12.3. The second-order valence-corrected chi connectivity index (χ2v) is 16.3. The number of likely N-dealkylation sites (tertiary alicyclic amines) is 1. The van der Waals surface area contributed by atoms with Gasteiger partial charge in [-0.1, -0.05) is 56.3 Å². The Morgan fingerprint density at radius 1 is 0.963 bits per heavy atom. The number of fused-ring (bicyclic) bond motifs is 5. The molecule has 8 rings (SSSR count). The first-order valence-electron chi connectivity index (χ1n) is 18.1. The van der Waals surface area contributed by atoms with Crippen molar-refractivity contribution < 1.29 is 40.1 Å². The highest BCUT2D eigenvalue weighted by atomic mass is 32.2. The van der Waals surface area contributed by atoms with E-state index in [0.717, 1.165) is 65.4 Å². The molecule has 1 aliphatic heterocycles. The van der Waals surface area contributed by atoms with E-state index in [0.29, 0.717) is 29.6 Å². The number of aromatic amines is 1. The van der Waals surface area contributed by atoms with Gasteiger partial charge in [0, 0.05) is 11.9 Å². The van der Waals surface area contributed by atoms with Crippen LogP contribution in [0.25, 0.3) is 44.1 Å². The van der Waals surface area contributed by atoms with E-state index < -0.39 is 27.8 Å². The Kier molecular flexibility index (Phi) is 8.86. The first-order valence-corrected chi connectivity index (χ1v) is 19.5. The predicted octanol–water partition coefficient (Wildman–Crippen LogP) is 8.37. The highest BCUT2D eigenvalue weighted by molar-refractivity contribution is 7.88. The van der Waals surface area contributed by atoms with E-state index in [9.17, 15) is 31.2 Å². The van der Waals surface area contributed by atoms with Crippen molar-refractivity contribution in [1.82, 2.24) is 20.2 Å². The number of methoxy groups -OCH3 is 1. The highest BCUT2D eigenvalue weighted by Crippen LogP contribution is 2.57. The zero-order chi connectivity index (χ0) is 38.1. The van der Waals surface area contributed by atoms with Crippen LogP contribution in [0, 0.1) is 11.8 Å². The van der Waals surface area contributed by atoms with Crippen LogP contribution in [0.4, 0.5) is 18.0 Å². The van der Waals surface area contributed by atoms with Crippen LogP contribution in [0.15, 0.2) is 66.7 Å².